The molecule has 2 N–H and O–H groups in total. The maximum absolute atomic E-state index is 12.6. The molecule has 0 spiro atoms. The van der Waals surface area contributed by atoms with Gasteiger partial charge in [0.2, 0.25) is 0 Å². The molecule has 1 heterocycles. The number of alkyl halides is 3. The Bertz CT molecular complexity index is 757. The second-order valence-electron chi connectivity index (χ2n) is 6.52. The molecule has 0 bridgehead atoms. The SMILES string of the molecule is CCOc1cc2c(cc1C[NH2+]Cc1ccc(C(F)(F)F)cc1)O[C@H](C)C2. The zero-order valence-corrected chi connectivity index (χ0v) is 14.9. The topological polar surface area (TPSA) is 35.1 Å². The number of fused-ring (bicyclic) bond motifs is 1. The first kappa shape index (κ1) is 18.6. The van der Waals surface area contributed by atoms with Crippen LogP contribution in [0.2, 0.25) is 0 Å². The van der Waals surface area contributed by atoms with Crippen molar-refractivity contribution in [2.24, 2.45) is 0 Å². The molecule has 0 saturated carbocycles. The Morgan fingerprint density at radius 2 is 1.88 bits per heavy atom. The van der Waals surface area contributed by atoms with E-state index in [9.17, 15) is 13.2 Å². The normalized spacial score (nSPS) is 16.3. The van der Waals surface area contributed by atoms with E-state index >= 15 is 0 Å². The summed E-state index contributed by atoms with van der Waals surface area (Å²) in [6, 6.07) is 9.36. The van der Waals surface area contributed by atoms with E-state index in [1.807, 2.05) is 31.3 Å². The van der Waals surface area contributed by atoms with Crippen LogP contribution in [0, 0.1) is 0 Å². The van der Waals surface area contributed by atoms with Crippen LogP contribution >= 0.6 is 0 Å². The monoisotopic (exact) mass is 366 g/mol. The van der Waals surface area contributed by atoms with Crippen LogP contribution in [0.25, 0.3) is 0 Å². The minimum atomic E-state index is -4.30. The van der Waals surface area contributed by atoms with Gasteiger partial charge in [0.25, 0.3) is 0 Å². The average molecular weight is 366 g/mol. The lowest BCUT2D eigenvalue weighted by atomic mass is 10.1. The van der Waals surface area contributed by atoms with E-state index in [2.05, 4.69) is 0 Å². The van der Waals surface area contributed by atoms with Crippen LogP contribution < -0.4 is 14.8 Å². The predicted molar refractivity (Wildman–Crippen MR) is 92.2 cm³/mol. The summed E-state index contributed by atoms with van der Waals surface area (Å²) in [6.07, 6.45) is -3.24. The second-order valence-corrected chi connectivity index (χ2v) is 6.52. The van der Waals surface area contributed by atoms with Gasteiger partial charge in [0.15, 0.2) is 0 Å². The molecule has 1 aliphatic rings. The molecule has 1 aliphatic heterocycles. The summed E-state index contributed by atoms with van der Waals surface area (Å²) in [5.41, 5.74) is 2.42. The van der Waals surface area contributed by atoms with Crippen molar-refractivity contribution in [2.75, 3.05) is 6.61 Å². The predicted octanol–water partition coefficient (Wildman–Crippen LogP) is 3.69. The van der Waals surface area contributed by atoms with E-state index in [1.54, 1.807) is 0 Å². The number of benzene rings is 2. The molecule has 2 aromatic rings. The van der Waals surface area contributed by atoms with E-state index in [0.717, 1.165) is 46.7 Å². The molecule has 6 heteroatoms. The van der Waals surface area contributed by atoms with Crippen molar-refractivity contribution >= 4 is 0 Å². The third kappa shape index (κ3) is 4.30. The van der Waals surface area contributed by atoms with E-state index < -0.39 is 11.7 Å². The molecule has 26 heavy (non-hydrogen) atoms. The maximum Gasteiger partial charge on any atom is 0.416 e. The zero-order valence-electron chi connectivity index (χ0n) is 14.9. The van der Waals surface area contributed by atoms with Gasteiger partial charge in [-0.1, -0.05) is 12.1 Å². The van der Waals surface area contributed by atoms with E-state index in [4.69, 9.17) is 9.47 Å². The highest BCUT2D eigenvalue weighted by Crippen LogP contribution is 2.35. The standard InChI is InChI=1S/C20H22F3NO2/c1-3-25-18-9-15-8-13(2)26-19(15)10-16(18)12-24-11-14-4-6-17(7-5-14)20(21,22)23/h4-7,9-10,13,24H,3,8,11-12H2,1-2H3/p+1/t13-/m1/s1. The highest BCUT2D eigenvalue weighted by molar-refractivity contribution is 5.48. The molecule has 0 amide bonds. The number of halogens is 3. The molecule has 140 valence electrons. The van der Waals surface area contributed by atoms with Gasteiger partial charge in [-0.3, -0.25) is 0 Å². The van der Waals surface area contributed by atoms with Gasteiger partial charge in [0.05, 0.1) is 17.7 Å². The summed E-state index contributed by atoms with van der Waals surface area (Å²) in [7, 11) is 0. The third-order valence-electron chi connectivity index (χ3n) is 4.40. The number of hydrogen-bond donors (Lipinski definition) is 1. The maximum atomic E-state index is 12.6. The van der Waals surface area contributed by atoms with Gasteiger partial charge in [-0.15, -0.1) is 0 Å². The lowest BCUT2D eigenvalue weighted by molar-refractivity contribution is -0.686. The molecule has 0 aromatic heterocycles. The smallest absolute Gasteiger partial charge is 0.416 e. The van der Waals surface area contributed by atoms with E-state index in [1.165, 1.54) is 12.1 Å². The van der Waals surface area contributed by atoms with Crippen molar-refractivity contribution in [3.63, 3.8) is 0 Å². The molecular formula is C20H23F3NO2+. The van der Waals surface area contributed by atoms with Crippen LogP contribution in [0.5, 0.6) is 11.5 Å². The van der Waals surface area contributed by atoms with Gasteiger partial charge in [0, 0.05) is 17.5 Å². The fourth-order valence-electron chi connectivity index (χ4n) is 3.16. The van der Waals surface area contributed by atoms with Gasteiger partial charge in [-0.25, -0.2) is 0 Å². The van der Waals surface area contributed by atoms with Crippen LogP contribution in [0.15, 0.2) is 36.4 Å². The summed E-state index contributed by atoms with van der Waals surface area (Å²) >= 11 is 0. The summed E-state index contributed by atoms with van der Waals surface area (Å²) in [6.45, 7) is 5.83. The molecule has 3 rings (SSSR count). The van der Waals surface area contributed by atoms with Crippen LogP contribution in [0.3, 0.4) is 0 Å². The molecular weight excluding hydrogens is 343 g/mol. The molecule has 0 fully saturated rings. The Kier molecular flexibility index (Phi) is 5.41. The third-order valence-corrected chi connectivity index (χ3v) is 4.40. The number of rotatable bonds is 6. The zero-order chi connectivity index (χ0) is 18.7. The molecule has 2 aromatic carbocycles. The van der Waals surface area contributed by atoms with Crippen molar-refractivity contribution in [3.8, 4) is 11.5 Å². The highest BCUT2D eigenvalue weighted by Gasteiger charge is 2.30. The van der Waals surface area contributed by atoms with Gasteiger partial charge in [-0.05, 0) is 38.1 Å². The minimum absolute atomic E-state index is 0.172. The molecule has 0 saturated heterocycles. The number of ether oxygens (including phenoxy) is 2. The first-order valence-corrected chi connectivity index (χ1v) is 8.80. The summed E-state index contributed by atoms with van der Waals surface area (Å²) in [4.78, 5) is 0. The Balaban J connectivity index is 1.65. The minimum Gasteiger partial charge on any atom is -0.493 e. The van der Waals surface area contributed by atoms with Crippen molar-refractivity contribution in [2.45, 2.75) is 45.6 Å². The van der Waals surface area contributed by atoms with Crippen molar-refractivity contribution in [1.82, 2.24) is 0 Å². The summed E-state index contributed by atoms with van der Waals surface area (Å²) < 4.78 is 49.4. The van der Waals surface area contributed by atoms with E-state index in [-0.39, 0.29) is 6.10 Å². The van der Waals surface area contributed by atoms with Gasteiger partial charge in [-0.2, -0.15) is 13.2 Å². The van der Waals surface area contributed by atoms with Crippen molar-refractivity contribution < 1.29 is 28.0 Å². The van der Waals surface area contributed by atoms with Gasteiger partial charge >= 0.3 is 6.18 Å². The molecule has 0 aliphatic carbocycles. The van der Waals surface area contributed by atoms with Crippen LogP contribution in [0.1, 0.15) is 36.1 Å². The van der Waals surface area contributed by atoms with E-state index in [0.29, 0.717) is 19.7 Å². The molecule has 3 nitrogen and oxygen atoms in total. The lowest BCUT2D eigenvalue weighted by Crippen LogP contribution is -2.80. The van der Waals surface area contributed by atoms with Crippen LogP contribution in [-0.2, 0) is 25.7 Å². The number of hydrogen-bond acceptors (Lipinski definition) is 2. The Hall–Kier alpha value is -2.21. The Morgan fingerprint density at radius 1 is 1.15 bits per heavy atom. The summed E-state index contributed by atoms with van der Waals surface area (Å²) in [5.74, 6) is 1.76. The summed E-state index contributed by atoms with van der Waals surface area (Å²) in [5, 5.41) is 2.05. The first-order chi connectivity index (χ1) is 12.4. The molecule has 0 radical (unpaired) electrons. The van der Waals surface area contributed by atoms with Gasteiger partial charge in [0.1, 0.15) is 30.7 Å². The largest absolute Gasteiger partial charge is 0.493 e. The highest BCUT2D eigenvalue weighted by atomic mass is 19.4. The van der Waals surface area contributed by atoms with Crippen molar-refractivity contribution in [3.05, 3.63) is 58.7 Å². The quantitative estimate of drug-likeness (QED) is 0.846. The second kappa shape index (κ2) is 7.58. The molecule has 0 unspecified atom stereocenters. The van der Waals surface area contributed by atoms with Crippen LogP contribution in [0.4, 0.5) is 13.2 Å². The van der Waals surface area contributed by atoms with Crippen LogP contribution in [-0.4, -0.2) is 12.7 Å². The number of nitrogens with two attached hydrogens (primary N) is 1. The first-order valence-electron chi connectivity index (χ1n) is 8.80. The fraction of sp³-hybridized carbons (Fsp3) is 0.400. The average Bonchev–Trinajstić information content (AvgIpc) is 2.94. The molecule has 1 atom stereocenters. The fourth-order valence-corrected chi connectivity index (χ4v) is 3.16. The Morgan fingerprint density at radius 3 is 2.54 bits per heavy atom. The lowest BCUT2D eigenvalue weighted by Gasteiger charge is -2.12. The number of quaternary nitrogens is 1. The Labute approximate surface area is 151 Å². The van der Waals surface area contributed by atoms with Crippen molar-refractivity contribution in [1.29, 1.82) is 0 Å². The van der Waals surface area contributed by atoms with Gasteiger partial charge < -0.3 is 14.8 Å².